The van der Waals surface area contributed by atoms with Crippen molar-refractivity contribution in [3.05, 3.63) is 24.3 Å². The molecule has 11 nitrogen and oxygen atoms in total. The number of carbonyl (C=O) groups excluding carboxylic acids is 3. The number of aliphatic hydroxyl groups is 1. The molecule has 0 aliphatic carbocycles. The predicted molar refractivity (Wildman–Crippen MR) is 156 cm³/mol. The van der Waals surface area contributed by atoms with Crippen LogP contribution < -0.4 is 15.4 Å². The highest BCUT2D eigenvalue weighted by Crippen LogP contribution is 2.63. The van der Waals surface area contributed by atoms with Gasteiger partial charge in [-0.25, -0.2) is 0 Å². The van der Waals surface area contributed by atoms with Crippen LogP contribution in [0.5, 0.6) is 5.75 Å². The predicted octanol–water partition coefficient (Wildman–Crippen LogP) is 1.64. The fourth-order valence-electron chi connectivity index (χ4n) is 7.52. The average Bonchev–Trinajstić information content (AvgIpc) is 3.56. The van der Waals surface area contributed by atoms with E-state index in [0.29, 0.717) is 57.2 Å². The molecule has 5 rings (SSSR count). The largest absolute Gasteiger partial charge is 0.494 e. The fourth-order valence-corrected chi connectivity index (χ4v) is 7.52. The number of benzene rings is 1. The standard InChI is InChI=1S/C31H46N4O7/c1-5-20(3)23(19-36)35-26(28(38)32-13-14-34-15-17-40-18-16-34)31-12-11-30(4,42-31)24(25(31)29(35)39)27(37)33-21-7-9-22(10-8-21)41-6-2/h7-10,20,23-26,36H,5-6,11-19H2,1-4H3,(H,32,38)(H,33,37)/t20-,23-,24+,25-,26?,30-,31?/m0/s1. The summed E-state index contributed by atoms with van der Waals surface area (Å²) in [4.78, 5) is 46.1. The second-order valence-electron chi connectivity index (χ2n) is 12.3. The number of nitrogens with one attached hydrogen (secondary N) is 2. The summed E-state index contributed by atoms with van der Waals surface area (Å²) < 4.78 is 17.7. The average molecular weight is 587 g/mol. The Hall–Kier alpha value is -2.73. The topological polar surface area (TPSA) is 130 Å². The molecule has 4 aliphatic rings. The van der Waals surface area contributed by atoms with Gasteiger partial charge in [-0.05, 0) is 56.9 Å². The molecule has 2 bridgehead atoms. The Kier molecular flexibility index (Phi) is 9.13. The van der Waals surface area contributed by atoms with Crippen LogP contribution >= 0.6 is 0 Å². The highest BCUT2D eigenvalue weighted by atomic mass is 16.5. The molecule has 1 aromatic rings. The lowest BCUT2D eigenvalue weighted by molar-refractivity contribution is -0.150. The molecule has 2 unspecified atom stereocenters. The SMILES string of the molecule is CCOc1ccc(NC(=O)[C@H]2[C@H]3C(=O)N([C@@H](CO)[C@@H](C)CC)C(C(=O)NCCN4CCOCC4)C34CC[C@]2(C)O4)cc1. The second-order valence-corrected chi connectivity index (χ2v) is 12.3. The maximum atomic E-state index is 14.4. The summed E-state index contributed by atoms with van der Waals surface area (Å²) in [7, 11) is 0. The first-order chi connectivity index (χ1) is 20.2. The number of hydrogen-bond acceptors (Lipinski definition) is 8. The molecule has 11 heteroatoms. The summed E-state index contributed by atoms with van der Waals surface area (Å²) in [6.07, 6.45) is 1.76. The molecule has 0 radical (unpaired) electrons. The van der Waals surface area contributed by atoms with Crippen LogP contribution in [0, 0.1) is 17.8 Å². The molecule has 7 atom stereocenters. The highest BCUT2D eigenvalue weighted by molar-refractivity contribution is 6.02. The lowest BCUT2D eigenvalue weighted by Gasteiger charge is -2.39. The maximum Gasteiger partial charge on any atom is 0.245 e. The van der Waals surface area contributed by atoms with E-state index >= 15 is 0 Å². The van der Waals surface area contributed by atoms with Gasteiger partial charge in [0.2, 0.25) is 17.7 Å². The number of aliphatic hydroxyl groups excluding tert-OH is 1. The molecule has 1 aromatic carbocycles. The van der Waals surface area contributed by atoms with E-state index in [4.69, 9.17) is 14.2 Å². The lowest BCUT2D eigenvalue weighted by Crippen LogP contribution is -2.59. The summed E-state index contributed by atoms with van der Waals surface area (Å²) in [5.41, 5.74) is -1.44. The maximum absolute atomic E-state index is 14.4. The number of morpholine rings is 1. The van der Waals surface area contributed by atoms with Crippen LogP contribution in [0.1, 0.15) is 47.0 Å². The van der Waals surface area contributed by atoms with Gasteiger partial charge in [-0.15, -0.1) is 0 Å². The monoisotopic (exact) mass is 586 g/mol. The van der Waals surface area contributed by atoms with E-state index in [1.165, 1.54) is 0 Å². The Bertz CT molecular complexity index is 1140. The summed E-state index contributed by atoms with van der Waals surface area (Å²) in [5.74, 6) is -1.85. The van der Waals surface area contributed by atoms with Crippen molar-refractivity contribution in [3.8, 4) is 5.75 Å². The van der Waals surface area contributed by atoms with Gasteiger partial charge in [0, 0.05) is 31.9 Å². The number of anilines is 1. The Balaban J connectivity index is 1.42. The van der Waals surface area contributed by atoms with Gasteiger partial charge in [-0.2, -0.15) is 0 Å². The van der Waals surface area contributed by atoms with E-state index in [9.17, 15) is 19.5 Å². The third kappa shape index (κ3) is 5.40. The van der Waals surface area contributed by atoms with E-state index < -0.39 is 35.1 Å². The Morgan fingerprint density at radius 1 is 1.14 bits per heavy atom. The van der Waals surface area contributed by atoms with E-state index in [-0.39, 0.29) is 30.2 Å². The Labute approximate surface area is 248 Å². The highest BCUT2D eigenvalue weighted by Gasteiger charge is 2.78. The van der Waals surface area contributed by atoms with Gasteiger partial charge in [-0.1, -0.05) is 20.3 Å². The molecular formula is C31H46N4O7. The first kappa shape index (κ1) is 30.7. The fraction of sp³-hybridized carbons (Fsp3) is 0.710. The van der Waals surface area contributed by atoms with Crippen molar-refractivity contribution in [2.45, 2.75) is 70.2 Å². The molecule has 232 valence electrons. The van der Waals surface area contributed by atoms with Crippen molar-refractivity contribution in [1.82, 2.24) is 15.1 Å². The number of ether oxygens (including phenoxy) is 3. The van der Waals surface area contributed by atoms with Crippen LogP contribution in [0.15, 0.2) is 24.3 Å². The number of amides is 3. The quantitative estimate of drug-likeness (QED) is 0.337. The summed E-state index contributed by atoms with van der Waals surface area (Å²) in [5, 5.41) is 16.5. The van der Waals surface area contributed by atoms with Gasteiger partial charge in [0.1, 0.15) is 17.4 Å². The van der Waals surface area contributed by atoms with E-state index in [1.807, 2.05) is 27.7 Å². The Morgan fingerprint density at radius 3 is 2.50 bits per heavy atom. The molecule has 3 N–H and O–H groups in total. The van der Waals surface area contributed by atoms with Crippen LogP contribution in [-0.4, -0.2) is 109 Å². The van der Waals surface area contributed by atoms with Crippen LogP contribution in [0.2, 0.25) is 0 Å². The molecule has 4 fully saturated rings. The zero-order valence-electron chi connectivity index (χ0n) is 25.3. The van der Waals surface area contributed by atoms with Crippen molar-refractivity contribution >= 4 is 23.4 Å². The van der Waals surface area contributed by atoms with E-state index in [1.54, 1.807) is 29.2 Å². The van der Waals surface area contributed by atoms with Crippen LogP contribution in [0.4, 0.5) is 5.69 Å². The molecule has 4 aliphatic heterocycles. The first-order valence-electron chi connectivity index (χ1n) is 15.4. The Morgan fingerprint density at radius 2 is 1.86 bits per heavy atom. The molecule has 0 saturated carbocycles. The van der Waals surface area contributed by atoms with Crippen molar-refractivity contribution in [2.24, 2.45) is 17.8 Å². The first-order valence-corrected chi connectivity index (χ1v) is 15.4. The number of rotatable bonds is 12. The zero-order chi connectivity index (χ0) is 30.1. The minimum Gasteiger partial charge on any atom is -0.494 e. The molecule has 1 spiro atoms. The molecule has 0 aromatic heterocycles. The number of likely N-dealkylation sites (tertiary alicyclic amines) is 1. The molecular weight excluding hydrogens is 540 g/mol. The van der Waals surface area contributed by atoms with Gasteiger partial charge in [0.05, 0.1) is 49.9 Å². The van der Waals surface area contributed by atoms with Gasteiger partial charge in [-0.3, -0.25) is 19.3 Å². The number of fused-ring (bicyclic) bond motifs is 1. The molecule has 3 amide bonds. The molecule has 42 heavy (non-hydrogen) atoms. The van der Waals surface area contributed by atoms with Gasteiger partial charge in [0.15, 0.2) is 0 Å². The number of nitrogens with zero attached hydrogens (tertiary/aromatic N) is 2. The van der Waals surface area contributed by atoms with Gasteiger partial charge in [0.25, 0.3) is 0 Å². The van der Waals surface area contributed by atoms with E-state index in [0.717, 1.165) is 19.5 Å². The minimum absolute atomic E-state index is 0.0539. The van der Waals surface area contributed by atoms with Crippen LogP contribution in [-0.2, 0) is 23.9 Å². The van der Waals surface area contributed by atoms with Crippen molar-refractivity contribution in [3.63, 3.8) is 0 Å². The lowest BCUT2D eigenvalue weighted by atomic mass is 9.66. The number of hydrogen-bond donors (Lipinski definition) is 3. The minimum atomic E-state index is -1.14. The van der Waals surface area contributed by atoms with Crippen LogP contribution in [0.3, 0.4) is 0 Å². The van der Waals surface area contributed by atoms with Gasteiger partial charge < -0.3 is 34.9 Å². The zero-order valence-corrected chi connectivity index (χ0v) is 25.3. The van der Waals surface area contributed by atoms with Crippen molar-refractivity contribution < 1.29 is 33.7 Å². The third-order valence-corrected chi connectivity index (χ3v) is 9.85. The van der Waals surface area contributed by atoms with Gasteiger partial charge >= 0.3 is 0 Å². The summed E-state index contributed by atoms with van der Waals surface area (Å²) in [6.45, 7) is 12.1. The second kappa shape index (κ2) is 12.5. The van der Waals surface area contributed by atoms with E-state index in [2.05, 4.69) is 15.5 Å². The molecule has 4 saturated heterocycles. The normalized spacial score (nSPS) is 32.0. The summed E-state index contributed by atoms with van der Waals surface area (Å²) >= 11 is 0. The molecule has 4 heterocycles. The number of carbonyl (C=O) groups is 3. The van der Waals surface area contributed by atoms with Crippen LogP contribution in [0.25, 0.3) is 0 Å². The van der Waals surface area contributed by atoms with Crippen molar-refractivity contribution in [2.75, 3.05) is 57.9 Å². The smallest absolute Gasteiger partial charge is 0.245 e. The van der Waals surface area contributed by atoms with Crippen molar-refractivity contribution in [1.29, 1.82) is 0 Å². The summed E-state index contributed by atoms with van der Waals surface area (Å²) in [6, 6.07) is 5.62. The third-order valence-electron chi connectivity index (χ3n) is 9.85.